The van der Waals surface area contributed by atoms with Crippen molar-refractivity contribution in [1.29, 1.82) is 0 Å². The van der Waals surface area contributed by atoms with Crippen molar-refractivity contribution in [3.8, 4) is 11.5 Å². The topological polar surface area (TPSA) is 137 Å². The Hall–Kier alpha value is -3.73. The third-order valence-corrected chi connectivity index (χ3v) is 5.92. The number of fused-ring (bicyclic) bond motifs is 3. The molecule has 2 aromatic rings. The van der Waals surface area contributed by atoms with Gasteiger partial charge in [0.1, 0.15) is 29.3 Å². The lowest BCUT2D eigenvalue weighted by Gasteiger charge is -2.29. The van der Waals surface area contributed by atoms with Crippen molar-refractivity contribution in [2.75, 3.05) is 13.2 Å². The van der Waals surface area contributed by atoms with Gasteiger partial charge in [-0.1, -0.05) is 18.2 Å². The summed E-state index contributed by atoms with van der Waals surface area (Å²) in [5.74, 6) is -4.99. The second kappa shape index (κ2) is 8.00. The Bertz CT molecular complexity index is 1120. The molecule has 0 aliphatic carbocycles. The zero-order valence-corrected chi connectivity index (χ0v) is 17.7. The summed E-state index contributed by atoms with van der Waals surface area (Å²) in [5, 5.41) is 25.8. The fourth-order valence-corrected chi connectivity index (χ4v) is 4.69. The zero-order chi connectivity index (χ0) is 24.0. The molecule has 1 fully saturated rings. The molecule has 10 nitrogen and oxygen atoms in total. The highest BCUT2D eigenvalue weighted by Gasteiger charge is 2.82. The number of nitro groups is 1. The van der Waals surface area contributed by atoms with Crippen LogP contribution in [0.15, 0.2) is 42.5 Å². The van der Waals surface area contributed by atoms with Gasteiger partial charge in [0.05, 0.1) is 18.1 Å². The second-order valence-electron chi connectivity index (χ2n) is 7.61. The smallest absolute Gasteiger partial charge is 0.392 e. The first-order chi connectivity index (χ1) is 15.7. The van der Waals surface area contributed by atoms with Crippen molar-refractivity contribution >= 4 is 11.9 Å². The van der Waals surface area contributed by atoms with Gasteiger partial charge in [-0.05, 0) is 38.1 Å². The average molecular weight is 460 g/mol. The van der Waals surface area contributed by atoms with Crippen LogP contribution < -0.4 is 10.1 Å². The van der Waals surface area contributed by atoms with E-state index in [0.29, 0.717) is 0 Å². The van der Waals surface area contributed by atoms with E-state index in [1.807, 2.05) is 0 Å². The number of carbonyl (C=O) groups is 2. The van der Waals surface area contributed by atoms with Crippen LogP contribution in [-0.4, -0.2) is 46.4 Å². The lowest BCUT2D eigenvalue weighted by molar-refractivity contribution is -0.619. The van der Waals surface area contributed by atoms with Gasteiger partial charge in [-0.15, -0.1) is 0 Å². The number of ether oxygens (including phenoxy) is 3. The Kier molecular flexibility index (Phi) is 5.44. The molecule has 0 unspecified atom stereocenters. The van der Waals surface area contributed by atoms with E-state index in [-0.39, 0.29) is 30.1 Å². The first-order valence-electron chi connectivity index (χ1n) is 10.3. The van der Waals surface area contributed by atoms with Crippen molar-refractivity contribution in [1.82, 2.24) is 5.32 Å². The van der Waals surface area contributed by atoms with Crippen LogP contribution in [0.1, 0.15) is 36.9 Å². The number of halogens is 1. The Morgan fingerprint density at radius 2 is 1.79 bits per heavy atom. The molecule has 0 bridgehead atoms. The van der Waals surface area contributed by atoms with Gasteiger partial charge >= 0.3 is 17.7 Å². The molecule has 2 aliphatic heterocycles. The molecule has 0 amide bonds. The largest absolute Gasteiger partial charge is 0.508 e. The number of phenolic OH excluding ortho intramolecular Hbond substituents is 1. The van der Waals surface area contributed by atoms with E-state index in [1.165, 1.54) is 26.0 Å². The molecule has 33 heavy (non-hydrogen) atoms. The molecule has 4 rings (SSSR count). The van der Waals surface area contributed by atoms with Gasteiger partial charge in [-0.3, -0.25) is 15.4 Å². The van der Waals surface area contributed by atoms with Gasteiger partial charge in [0.2, 0.25) is 5.54 Å². The van der Waals surface area contributed by atoms with Crippen LogP contribution in [0.4, 0.5) is 4.39 Å². The number of rotatable bonds is 6. The Morgan fingerprint density at radius 3 is 2.39 bits per heavy atom. The molecule has 3 atom stereocenters. The minimum Gasteiger partial charge on any atom is -0.508 e. The highest BCUT2D eigenvalue weighted by molar-refractivity contribution is 6.07. The summed E-state index contributed by atoms with van der Waals surface area (Å²) >= 11 is 0. The normalized spacial score (nSPS) is 24.3. The number of aromatic hydroxyl groups is 1. The maximum atomic E-state index is 14.2. The summed E-state index contributed by atoms with van der Waals surface area (Å²) in [5.41, 5.74) is -4.98. The van der Waals surface area contributed by atoms with E-state index in [9.17, 15) is 29.2 Å². The molecule has 0 aromatic heterocycles. The van der Waals surface area contributed by atoms with Crippen molar-refractivity contribution in [2.24, 2.45) is 0 Å². The number of hydrogen-bond acceptors (Lipinski definition) is 9. The average Bonchev–Trinajstić information content (AvgIpc) is 3.28. The first-order valence-corrected chi connectivity index (χ1v) is 10.3. The van der Waals surface area contributed by atoms with Crippen molar-refractivity contribution < 1.29 is 38.2 Å². The lowest BCUT2D eigenvalue weighted by atomic mass is 9.76. The molecule has 1 saturated heterocycles. The van der Waals surface area contributed by atoms with Crippen molar-refractivity contribution in [3.63, 3.8) is 0 Å². The molecule has 0 spiro atoms. The molecule has 2 aromatic carbocycles. The van der Waals surface area contributed by atoms with Crippen LogP contribution in [0.5, 0.6) is 11.5 Å². The molecule has 0 saturated carbocycles. The summed E-state index contributed by atoms with van der Waals surface area (Å²) in [4.78, 5) is 38.5. The number of nitrogens with zero attached hydrogens (tertiary/aromatic N) is 1. The standard InChI is InChI=1S/C22H21FN2O8/c1-3-31-19(27)21(20(28)32-4-2)17-13-7-5-6-8-16(13)33-22(17,25(29)30)18(24-21)14-11-12(23)9-10-15(14)26/h5-11,17-18,24,26H,3-4H2,1-2H3/t17-,18-,22-/m0/s1. The Morgan fingerprint density at radius 1 is 1.15 bits per heavy atom. The predicted octanol–water partition coefficient (Wildman–Crippen LogP) is 2.19. The van der Waals surface area contributed by atoms with Gasteiger partial charge in [-0.2, -0.15) is 0 Å². The number of esters is 2. The van der Waals surface area contributed by atoms with Gasteiger partial charge < -0.3 is 19.3 Å². The van der Waals surface area contributed by atoms with E-state index in [4.69, 9.17) is 14.2 Å². The number of para-hydroxylation sites is 1. The van der Waals surface area contributed by atoms with E-state index in [1.54, 1.807) is 12.1 Å². The van der Waals surface area contributed by atoms with Crippen LogP contribution >= 0.6 is 0 Å². The zero-order valence-electron chi connectivity index (χ0n) is 17.7. The Balaban J connectivity index is 2.06. The monoisotopic (exact) mass is 460 g/mol. The summed E-state index contributed by atoms with van der Waals surface area (Å²) < 4.78 is 30.3. The minimum absolute atomic E-state index is 0.0690. The van der Waals surface area contributed by atoms with Crippen LogP contribution in [-0.2, 0) is 19.1 Å². The molecule has 2 N–H and O–H groups in total. The maximum Gasteiger partial charge on any atom is 0.392 e. The molecule has 2 heterocycles. The molecule has 0 radical (unpaired) electrons. The molecular formula is C22H21FN2O8. The van der Waals surface area contributed by atoms with E-state index >= 15 is 0 Å². The summed E-state index contributed by atoms with van der Waals surface area (Å²) in [6.45, 7) is 2.78. The van der Waals surface area contributed by atoms with E-state index in [2.05, 4.69) is 5.32 Å². The second-order valence-corrected chi connectivity index (χ2v) is 7.61. The SMILES string of the molecule is CCOC(=O)C1(C(=O)OCC)N[C@@H](c2cc(F)ccc2O)[C@@]2([N+](=O)[O-])Oc3ccccc3[C@@H]12. The summed E-state index contributed by atoms with van der Waals surface area (Å²) in [7, 11) is 0. The molecule has 11 heteroatoms. The number of hydrogen-bond donors (Lipinski definition) is 2. The fourth-order valence-electron chi connectivity index (χ4n) is 4.69. The Labute approximate surface area is 187 Å². The highest BCUT2D eigenvalue weighted by Crippen LogP contribution is 2.61. The quantitative estimate of drug-likeness (QED) is 0.288. The van der Waals surface area contributed by atoms with Gasteiger partial charge in [0, 0.05) is 11.1 Å². The number of nitrogens with one attached hydrogen (secondary N) is 1. The number of carbonyl (C=O) groups excluding carboxylic acids is 2. The van der Waals surface area contributed by atoms with Crippen LogP contribution in [0.3, 0.4) is 0 Å². The van der Waals surface area contributed by atoms with Crippen LogP contribution in [0.2, 0.25) is 0 Å². The van der Waals surface area contributed by atoms with Gasteiger partial charge in [0.25, 0.3) is 0 Å². The number of benzene rings is 2. The van der Waals surface area contributed by atoms with Gasteiger partial charge in [-0.25, -0.2) is 14.0 Å². The van der Waals surface area contributed by atoms with Crippen molar-refractivity contribution in [3.05, 3.63) is 69.5 Å². The highest BCUT2D eigenvalue weighted by atomic mass is 19.1. The summed E-state index contributed by atoms with van der Waals surface area (Å²) in [6.07, 6.45) is 0. The first kappa shape index (κ1) is 22.5. The fraction of sp³-hybridized carbons (Fsp3) is 0.364. The van der Waals surface area contributed by atoms with Crippen molar-refractivity contribution in [2.45, 2.75) is 37.1 Å². The molecular weight excluding hydrogens is 439 g/mol. The third-order valence-electron chi connectivity index (χ3n) is 5.92. The van der Waals surface area contributed by atoms with Gasteiger partial charge in [0.15, 0.2) is 0 Å². The molecule has 174 valence electrons. The maximum absolute atomic E-state index is 14.2. The van der Waals surface area contributed by atoms with E-state index < -0.39 is 51.7 Å². The minimum atomic E-state index is -2.51. The van der Waals surface area contributed by atoms with E-state index in [0.717, 1.165) is 18.2 Å². The van der Waals surface area contributed by atoms with Crippen LogP contribution in [0, 0.1) is 15.9 Å². The lowest BCUT2D eigenvalue weighted by Crippen LogP contribution is -2.60. The predicted molar refractivity (Wildman–Crippen MR) is 109 cm³/mol. The molecule has 2 aliphatic rings. The third kappa shape index (κ3) is 3.03. The van der Waals surface area contributed by atoms with Crippen LogP contribution in [0.25, 0.3) is 0 Å². The number of phenols is 1. The summed E-state index contributed by atoms with van der Waals surface area (Å²) in [6, 6.07) is 7.35.